The van der Waals surface area contributed by atoms with Gasteiger partial charge in [-0.1, -0.05) is 58.6 Å². The van der Waals surface area contributed by atoms with Crippen LogP contribution in [0.3, 0.4) is 0 Å². The lowest BCUT2D eigenvalue weighted by Crippen LogP contribution is -1.90. The molecule has 0 nitrogen and oxygen atoms in total. The van der Waals surface area contributed by atoms with E-state index in [2.05, 4.69) is 52.5 Å². The van der Waals surface area contributed by atoms with Crippen LogP contribution in [0, 0.1) is 11.8 Å². The fourth-order valence-electron chi connectivity index (χ4n) is 0.880. The predicted octanol–water partition coefficient (Wildman–Crippen LogP) is 3.97. The average Bonchev–Trinajstić information content (AvgIpc) is 1.96. The summed E-state index contributed by atoms with van der Waals surface area (Å²) >= 11 is 0. The number of rotatable bonds is 4. The zero-order valence-electron chi connectivity index (χ0n) is 8.67. The minimum atomic E-state index is 0.581. The molecule has 12 heavy (non-hydrogen) atoms. The van der Waals surface area contributed by atoms with Crippen LogP contribution >= 0.6 is 0 Å². The SMILES string of the molecule is C=C/C=C(\C=C/C(C)C)C(C)C. The predicted molar refractivity (Wildman–Crippen MR) is 57.1 cm³/mol. The van der Waals surface area contributed by atoms with Crippen LogP contribution in [0.1, 0.15) is 27.7 Å². The minimum Gasteiger partial charge on any atom is -0.0991 e. The highest BCUT2D eigenvalue weighted by Gasteiger charge is 1.96. The van der Waals surface area contributed by atoms with Gasteiger partial charge in [0.25, 0.3) is 0 Å². The van der Waals surface area contributed by atoms with Crippen molar-refractivity contribution in [1.29, 1.82) is 0 Å². The summed E-state index contributed by atoms with van der Waals surface area (Å²) in [6.07, 6.45) is 8.33. The molecule has 0 aliphatic rings. The molecule has 0 aromatic heterocycles. The maximum absolute atomic E-state index is 3.70. The lowest BCUT2D eigenvalue weighted by Gasteiger charge is -2.05. The number of hydrogen-bond acceptors (Lipinski definition) is 0. The first-order valence-electron chi connectivity index (χ1n) is 4.58. The molecule has 0 rings (SSSR count). The zero-order chi connectivity index (χ0) is 9.56. The third-order valence-electron chi connectivity index (χ3n) is 1.65. The molecule has 0 amide bonds. The second kappa shape index (κ2) is 5.82. The Hall–Kier alpha value is -0.780. The molecule has 0 bridgehead atoms. The summed E-state index contributed by atoms with van der Waals surface area (Å²) in [7, 11) is 0. The first-order valence-corrected chi connectivity index (χ1v) is 4.58. The van der Waals surface area contributed by atoms with Gasteiger partial charge >= 0.3 is 0 Å². The standard InChI is InChI=1S/C12H20/c1-6-7-12(11(4)5)9-8-10(2)3/h6-11H,1H2,2-5H3/b9-8-,12-7+. The van der Waals surface area contributed by atoms with E-state index >= 15 is 0 Å². The summed E-state index contributed by atoms with van der Waals surface area (Å²) < 4.78 is 0. The number of hydrogen-bond donors (Lipinski definition) is 0. The molecule has 0 unspecified atom stereocenters. The molecule has 0 heteroatoms. The van der Waals surface area contributed by atoms with Gasteiger partial charge in [0.15, 0.2) is 0 Å². The maximum atomic E-state index is 3.70. The Labute approximate surface area is 76.7 Å². The van der Waals surface area contributed by atoms with Gasteiger partial charge in [-0.05, 0) is 17.4 Å². The third-order valence-corrected chi connectivity index (χ3v) is 1.65. The molecule has 0 spiro atoms. The van der Waals surface area contributed by atoms with Crippen molar-refractivity contribution >= 4 is 0 Å². The van der Waals surface area contributed by atoms with Crippen molar-refractivity contribution in [2.24, 2.45) is 11.8 Å². The van der Waals surface area contributed by atoms with Crippen molar-refractivity contribution in [2.45, 2.75) is 27.7 Å². The van der Waals surface area contributed by atoms with Crippen molar-refractivity contribution in [3.63, 3.8) is 0 Å². The third kappa shape index (κ3) is 4.95. The molecule has 0 fully saturated rings. The van der Waals surface area contributed by atoms with Crippen molar-refractivity contribution in [3.05, 3.63) is 36.5 Å². The quantitative estimate of drug-likeness (QED) is 0.551. The van der Waals surface area contributed by atoms with Crippen LogP contribution < -0.4 is 0 Å². The second-order valence-electron chi connectivity index (χ2n) is 3.66. The van der Waals surface area contributed by atoms with Gasteiger partial charge < -0.3 is 0 Å². The van der Waals surface area contributed by atoms with Gasteiger partial charge in [-0.25, -0.2) is 0 Å². The molecule has 0 aliphatic heterocycles. The van der Waals surface area contributed by atoms with Crippen molar-refractivity contribution < 1.29 is 0 Å². The van der Waals surface area contributed by atoms with Gasteiger partial charge in [0.1, 0.15) is 0 Å². The summed E-state index contributed by atoms with van der Waals surface area (Å²) in [6.45, 7) is 12.5. The summed E-state index contributed by atoms with van der Waals surface area (Å²) in [5, 5.41) is 0. The highest BCUT2D eigenvalue weighted by molar-refractivity contribution is 5.24. The Morgan fingerprint density at radius 3 is 2.08 bits per heavy atom. The van der Waals surface area contributed by atoms with Crippen molar-refractivity contribution in [1.82, 2.24) is 0 Å². The lowest BCUT2D eigenvalue weighted by atomic mass is 10.0. The van der Waals surface area contributed by atoms with E-state index in [-0.39, 0.29) is 0 Å². The lowest BCUT2D eigenvalue weighted by molar-refractivity contribution is 0.780. The Kier molecular flexibility index (Phi) is 5.44. The molecular formula is C12H20. The highest BCUT2D eigenvalue weighted by atomic mass is 14.0. The molecule has 0 N–H and O–H groups in total. The van der Waals surface area contributed by atoms with E-state index in [0.717, 1.165) is 0 Å². The first kappa shape index (κ1) is 11.2. The molecule has 0 aromatic rings. The molecule has 0 aliphatic carbocycles. The van der Waals surface area contributed by atoms with Crippen LogP contribution in [-0.4, -0.2) is 0 Å². The molecule has 0 heterocycles. The normalized spacial score (nSPS) is 13.3. The Balaban J connectivity index is 4.34. The summed E-state index contributed by atoms with van der Waals surface area (Å²) in [4.78, 5) is 0. The van der Waals surface area contributed by atoms with Crippen LogP contribution in [-0.2, 0) is 0 Å². The van der Waals surface area contributed by atoms with Crippen LogP contribution in [0.25, 0.3) is 0 Å². The molecule has 0 atom stereocenters. The van der Waals surface area contributed by atoms with Gasteiger partial charge in [-0.15, -0.1) is 0 Å². The molecule has 0 saturated carbocycles. The van der Waals surface area contributed by atoms with Crippen LogP contribution in [0.2, 0.25) is 0 Å². The average molecular weight is 164 g/mol. The van der Waals surface area contributed by atoms with Gasteiger partial charge in [-0.3, -0.25) is 0 Å². The van der Waals surface area contributed by atoms with E-state index in [1.807, 2.05) is 6.08 Å². The monoisotopic (exact) mass is 164 g/mol. The smallest absolute Gasteiger partial charge is 0.0219 e. The van der Waals surface area contributed by atoms with Gasteiger partial charge in [-0.2, -0.15) is 0 Å². The summed E-state index contributed by atoms with van der Waals surface area (Å²) in [6, 6.07) is 0. The molecule has 0 saturated heterocycles. The number of allylic oxidation sites excluding steroid dienone is 5. The largest absolute Gasteiger partial charge is 0.0991 e. The van der Waals surface area contributed by atoms with Crippen LogP contribution in [0.5, 0.6) is 0 Å². The fraction of sp³-hybridized carbons (Fsp3) is 0.500. The van der Waals surface area contributed by atoms with Crippen LogP contribution in [0.15, 0.2) is 36.5 Å². The summed E-state index contributed by atoms with van der Waals surface area (Å²) in [5.74, 6) is 1.20. The van der Waals surface area contributed by atoms with Crippen LogP contribution in [0.4, 0.5) is 0 Å². The fourth-order valence-corrected chi connectivity index (χ4v) is 0.880. The van der Waals surface area contributed by atoms with Crippen molar-refractivity contribution in [3.8, 4) is 0 Å². The van der Waals surface area contributed by atoms with E-state index in [9.17, 15) is 0 Å². The first-order chi connectivity index (χ1) is 5.57. The molecule has 0 aromatic carbocycles. The highest BCUT2D eigenvalue weighted by Crippen LogP contribution is 2.12. The second-order valence-corrected chi connectivity index (χ2v) is 3.66. The van der Waals surface area contributed by atoms with Crippen molar-refractivity contribution in [2.75, 3.05) is 0 Å². The van der Waals surface area contributed by atoms with E-state index in [1.165, 1.54) is 5.57 Å². The van der Waals surface area contributed by atoms with E-state index in [0.29, 0.717) is 11.8 Å². The molecule has 0 radical (unpaired) electrons. The minimum absolute atomic E-state index is 0.581. The van der Waals surface area contributed by atoms with E-state index < -0.39 is 0 Å². The van der Waals surface area contributed by atoms with Gasteiger partial charge in [0, 0.05) is 0 Å². The Morgan fingerprint density at radius 1 is 1.17 bits per heavy atom. The Morgan fingerprint density at radius 2 is 1.75 bits per heavy atom. The van der Waals surface area contributed by atoms with Gasteiger partial charge in [0.05, 0.1) is 0 Å². The Bertz CT molecular complexity index is 180. The van der Waals surface area contributed by atoms with E-state index in [4.69, 9.17) is 0 Å². The van der Waals surface area contributed by atoms with E-state index in [1.54, 1.807) is 0 Å². The summed E-state index contributed by atoms with van der Waals surface area (Å²) in [5.41, 5.74) is 1.35. The molecular weight excluding hydrogens is 144 g/mol. The maximum Gasteiger partial charge on any atom is -0.0219 e. The topological polar surface area (TPSA) is 0 Å². The zero-order valence-corrected chi connectivity index (χ0v) is 8.67. The molecule has 68 valence electrons. The van der Waals surface area contributed by atoms with Gasteiger partial charge in [0.2, 0.25) is 0 Å².